The van der Waals surface area contributed by atoms with Gasteiger partial charge in [0, 0.05) is 6.92 Å². The molecule has 0 aromatic rings. The van der Waals surface area contributed by atoms with Gasteiger partial charge < -0.3 is 4.74 Å². The van der Waals surface area contributed by atoms with Crippen LogP contribution in [-0.2, 0) is 9.53 Å². The van der Waals surface area contributed by atoms with Gasteiger partial charge in [-0.1, -0.05) is 11.8 Å². The average molecular weight is 175 g/mol. The molecule has 0 bridgehead atoms. The molecule has 0 aliphatic rings. The van der Waals surface area contributed by atoms with Gasteiger partial charge in [0.25, 0.3) is 0 Å². The Morgan fingerprint density at radius 2 is 2.18 bits per heavy atom. The van der Waals surface area contributed by atoms with E-state index in [1.54, 1.807) is 0 Å². The molecule has 0 saturated carbocycles. The summed E-state index contributed by atoms with van der Waals surface area (Å²) >= 11 is 1.09. The summed E-state index contributed by atoms with van der Waals surface area (Å²) in [6.45, 7) is 5.19. The SMILES string of the molecule is CC(=O)SCC(=N)OC(C)C. The van der Waals surface area contributed by atoms with Crippen LogP contribution >= 0.6 is 11.8 Å². The first kappa shape index (κ1) is 10.5. The predicted molar refractivity (Wildman–Crippen MR) is 47.1 cm³/mol. The highest BCUT2D eigenvalue weighted by Gasteiger charge is 2.02. The van der Waals surface area contributed by atoms with Gasteiger partial charge in [0.05, 0.1) is 11.9 Å². The number of rotatable bonds is 3. The predicted octanol–water partition coefficient (Wildman–Crippen LogP) is 1.67. The summed E-state index contributed by atoms with van der Waals surface area (Å²) in [7, 11) is 0. The maximum atomic E-state index is 10.4. The molecule has 0 radical (unpaired) electrons. The normalized spacial score (nSPS) is 9.82. The third kappa shape index (κ3) is 7.39. The second-order valence-corrected chi connectivity index (χ2v) is 3.52. The fourth-order valence-corrected chi connectivity index (χ4v) is 0.888. The van der Waals surface area contributed by atoms with Crippen molar-refractivity contribution in [3.63, 3.8) is 0 Å². The Morgan fingerprint density at radius 3 is 2.55 bits per heavy atom. The number of ether oxygens (including phenoxy) is 1. The summed E-state index contributed by atoms with van der Waals surface area (Å²) in [4.78, 5) is 10.4. The first-order valence-corrected chi connectivity index (χ1v) is 4.38. The molecule has 64 valence electrons. The molecule has 0 heterocycles. The Balaban J connectivity index is 3.45. The average Bonchev–Trinajstić information content (AvgIpc) is 1.82. The van der Waals surface area contributed by atoms with Gasteiger partial charge >= 0.3 is 0 Å². The van der Waals surface area contributed by atoms with E-state index in [1.807, 2.05) is 13.8 Å². The van der Waals surface area contributed by atoms with Crippen LogP contribution in [0.5, 0.6) is 0 Å². The van der Waals surface area contributed by atoms with E-state index in [2.05, 4.69) is 0 Å². The third-order valence-corrected chi connectivity index (χ3v) is 1.60. The highest BCUT2D eigenvalue weighted by Crippen LogP contribution is 2.02. The molecular weight excluding hydrogens is 162 g/mol. The Kier molecular flexibility index (Phi) is 4.94. The zero-order valence-corrected chi connectivity index (χ0v) is 7.83. The number of carbonyl (C=O) groups excluding carboxylic acids is 1. The highest BCUT2D eigenvalue weighted by molar-refractivity contribution is 8.14. The van der Waals surface area contributed by atoms with Gasteiger partial charge in [0.15, 0.2) is 11.0 Å². The largest absolute Gasteiger partial charge is 0.478 e. The summed E-state index contributed by atoms with van der Waals surface area (Å²) in [6.07, 6.45) is 0.0232. The van der Waals surface area contributed by atoms with E-state index < -0.39 is 0 Å². The molecule has 0 atom stereocenters. The second kappa shape index (κ2) is 5.18. The molecule has 0 aromatic carbocycles. The molecule has 0 rings (SSSR count). The topological polar surface area (TPSA) is 50.2 Å². The summed E-state index contributed by atoms with van der Waals surface area (Å²) in [6, 6.07) is 0. The van der Waals surface area contributed by atoms with E-state index in [-0.39, 0.29) is 17.1 Å². The molecule has 0 saturated heterocycles. The lowest BCUT2D eigenvalue weighted by Crippen LogP contribution is -2.13. The number of thioether (sulfide) groups is 1. The minimum absolute atomic E-state index is 0.0158. The smallest absolute Gasteiger partial charge is 0.191 e. The Morgan fingerprint density at radius 1 is 1.64 bits per heavy atom. The molecule has 0 aliphatic carbocycles. The van der Waals surface area contributed by atoms with Crippen molar-refractivity contribution in [1.29, 1.82) is 5.41 Å². The number of nitrogens with one attached hydrogen (secondary N) is 1. The van der Waals surface area contributed by atoms with Gasteiger partial charge in [-0.15, -0.1) is 0 Å². The molecule has 0 aromatic heterocycles. The molecule has 4 heteroatoms. The van der Waals surface area contributed by atoms with E-state index in [4.69, 9.17) is 10.1 Å². The van der Waals surface area contributed by atoms with Crippen LogP contribution < -0.4 is 0 Å². The van der Waals surface area contributed by atoms with Crippen molar-refractivity contribution in [2.75, 3.05) is 5.75 Å². The summed E-state index contributed by atoms with van der Waals surface area (Å²) in [5.41, 5.74) is 0. The zero-order valence-electron chi connectivity index (χ0n) is 7.01. The molecule has 0 fully saturated rings. The molecule has 3 nitrogen and oxygen atoms in total. The lowest BCUT2D eigenvalue weighted by molar-refractivity contribution is -0.109. The van der Waals surface area contributed by atoms with E-state index in [1.165, 1.54) is 6.92 Å². The van der Waals surface area contributed by atoms with Crippen LogP contribution in [0.4, 0.5) is 0 Å². The quantitative estimate of drug-likeness (QED) is 0.524. The van der Waals surface area contributed by atoms with Crippen molar-refractivity contribution in [3.05, 3.63) is 0 Å². The highest BCUT2D eigenvalue weighted by atomic mass is 32.2. The van der Waals surface area contributed by atoms with Gasteiger partial charge in [0.1, 0.15) is 0 Å². The van der Waals surface area contributed by atoms with Crippen molar-refractivity contribution < 1.29 is 9.53 Å². The molecule has 0 spiro atoms. The van der Waals surface area contributed by atoms with Crippen molar-refractivity contribution in [2.45, 2.75) is 26.9 Å². The van der Waals surface area contributed by atoms with Gasteiger partial charge in [-0.05, 0) is 13.8 Å². The fourth-order valence-electron chi connectivity index (χ4n) is 0.486. The first-order valence-electron chi connectivity index (χ1n) is 3.40. The second-order valence-electron chi connectivity index (χ2n) is 2.37. The van der Waals surface area contributed by atoms with Crippen LogP contribution in [0.2, 0.25) is 0 Å². The lowest BCUT2D eigenvalue weighted by Gasteiger charge is -2.08. The lowest BCUT2D eigenvalue weighted by atomic mass is 10.5. The Labute approximate surface area is 71.0 Å². The monoisotopic (exact) mass is 175 g/mol. The summed E-state index contributed by atoms with van der Waals surface area (Å²) < 4.78 is 5.01. The van der Waals surface area contributed by atoms with Crippen molar-refractivity contribution in [2.24, 2.45) is 0 Å². The fraction of sp³-hybridized carbons (Fsp3) is 0.714. The number of hydrogen-bond acceptors (Lipinski definition) is 4. The van der Waals surface area contributed by atoms with Crippen LogP contribution in [0.25, 0.3) is 0 Å². The maximum Gasteiger partial charge on any atom is 0.191 e. The molecule has 0 unspecified atom stereocenters. The molecule has 0 amide bonds. The van der Waals surface area contributed by atoms with Crippen molar-refractivity contribution >= 4 is 22.8 Å². The van der Waals surface area contributed by atoms with Crippen molar-refractivity contribution in [3.8, 4) is 0 Å². The van der Waals surface area contributed by atoms with Crippen LogP contribution in [-0.4, -0.2) is 22.9 Å². The first-order chi connectivity index (χ1) is 5.02. The van der Waals surface area contributed by atoms with E-state index >= 15 is 0 Å². The van der Waals surface area contributed by atoms with Gasteiger partial charge in [-0.2, -0.15) is 0 Å². The number of carbonyl (C=O) groups is 1. The van der Waals surface area contributed by atoms with Crippen LogP contribution in [0, 0.1) is 5.41 Å². The van der Waals surface area contributed by atoms with Gasteiger partial charge in [-0.25, -0.2) is 0 Å². The van der Waals surface area contributed by atoms with Gasteiger partial charge in [-0.3, -0.25) is 10.2 Å². The standard InChI is InChI=1S/C7H13NO2S/c1-5(2)10-7(8)4-11-6(3)9/h5,8H,4H2,1-3H3. The zero-order chi connectivity index (χ0) is 8.85. The van der Waals surface area contributed by atoms with Crippen LogP contribution in [0.1, 0.15) is 20.8 Å². The molecular formula is C7H13NO2S. The van der Waals surface area contributed by atoms with Crippen molar-refractivity contribution in [1.82, 2.24) is 0 Å². The Bertz CT molecular complexity index is 157. The maximum absolute atomic E-state index is 10.4. The molecule has 1 N–H and O–H groups in total. The van der Waals surface area contributed by atoms with Crippen LogP contribution in [0.3, 0.4) is 0 Å². The number of hydrogen-bond donors (Lipinski definition) is 1. The summed E-state index contributed by atoms with van der Waals surface area (Å²) in [5, 5.41) is 7.23. The molecule has 0 aliphatic heterocycles. The van der Waals surface area contributed by atoms with E-state index in [0.29, 0.717) is 5.75 Å². The minimum Gasteiger partial charge on any atom is -0.478 e. The Hall–Kier alpha value is -0.510. The summed E-state index contributed by atoms with van der Waals surface area (Å²) in [5.74, 6) is 0.508. The third-order valence-electron chi connectivity index (χ3n) is 0.784. The minimum atomic E-state index is 0.0158. The van der Waals surface area contributed by atoms with Gasteiger partial charge in [0.2, 0.25) is 0 Å². The van der Waals surface area contributed by atoms with E-state index in [0.717, 1.165) is 11.8 Å². The molecule has 11 heavy (non-hydrogen) atoms. The van der Waals surface area contributed by atoms with E-state index in [9.17, 15) is 4.79 Å². The van der Waals surface area contributed by atoms with Crippen LogP contribution in [0.15, 0.2) is 0 Å².